The number of esters is 3. The first kappa shape index (κ1) is 59.4. The molecule has 3 atom stereocenters. The summed E-state index contributed by atoms with van der Waals surface area (Å²) in [5.41, 5.74) is 0. The molecule has 0 spiro atoms. The Kier molecular flexibility index (Phi) is 46.6. The van der Waals surface area contributed by atoms with Crippen molar-refractivity contribution in [2.24, 2.45) is 11.8 Å². The van der Waals surface area contributed by atoms with Crippen molar-refractivity contribution in [3.63, 3.8) is 0 Å². The van der Waals surface area contributed by atoms with Crippen molar-refractivity contribution in [2.45, 2.75) is 310 Å². The van der Waals surface area contributed by atoms with Gasteiger partial charge in [0.15, 0.2) is 6.10 Å². The van der Waals surface area contributed by atoms with Gasteiger partial charge in [0.25, 0.3) is 0 Å². The highest BCUT2D eigenvalue weighted by Gasteiger charge is 2.19. The Morgan fingerprint density at radius 3 is 0.852 bits per heavy atom. The van der Waals surface area contributed by atoms with Crippen LogP contribution in [0.4, 0.5) is 0 Å². The lowest BCUT2D eigenvalue weighted by Gasteiger charge is -2.18. The van der Waals surface area contributed by atoms with Gasteiger partial charge in [0.2, 0.25) is 0 Å². The Labute approximate surface area is 380 Å². The van der Waals surface area contributed by atoms with Crippen molar-refractivity contribution >= 4 is 17.9 Å². The quantitative estimate of drug-likeness (QED) is 0.0344. The molecule has 0 aromatic carbocycles. The van der Waals surface area contributed by atoms with Crippen molar-refractivity contribution in [1.29, 1.82) is 0 Å². The van der Waals surface area contributed by atoms with Gasteiger partial charge in [-0.3, -0.25) is 14.4 Å². The molecule has 0 aliphatic heterocycles. The maximum atomic E-state index is 12.8. The fourth-order valence-corrected chi connectivity index (χ4v) is 8.28. The molecular formula is C55H106O6. The predicted molar refractivity (Wildman–Crippen MR) is 261 cm³/mol. The van der Waals surface area contributed by atoms with E-state index < -0.39 is 6.10 Å². The van der Waals surface area contributed by atoms with E-state index in [1.807, 2.05) is 0 Å². The summed E-state index contributed by atoms with van der Waals surface area (Å²) in [6.45, 7) is 11.4. The van der Waals surface area contributed by atoms with Gasteiger partial charge in [-0.1, -0.05) is 266 Å². The molecule has 0 rings (SSSR count). The molecule has 0 radical (unpaired) electrons. The fourth-order valence-electron chi connectivity index (χ4n) is 8.28. The van der Waals surface area contributed by atoms with Crippen LogP contribution in [0.1, 0.15) is 304 Å². The van der Waals surface area contributed by atoms with Gasteiger partial charge >= 0.3 is 17.9 Å². The van der Waals surface area contributed by atoms with Gasteiger partial charge in [0.05, 0.1) is 0 Å². The lowest BCUT2D eigenvalue weighted by molar-refractivity contribution is -0.167. The SMILES string of the molecule is CCCCCCCCCCCC(=O)OC[C@@H](COC(=O)CCCCCCCCCCCCCCCCCCCCC(C)CC)OC(=O)CCCCCCCCCCC(C)CC. The van der Waals surface area contributed by atoms with E-state index in [9.17, 15) is 14.4 Å². The van der Waals surface area contributed by atoms with Crippen LogP contribution in [0.15, 0.2) is 0 Å². The summed E-state index contributed by atoms with van der Waals surface area (Å²) in [5.74, 6) is 0.905. The molecule has 6 nitrogen and oxygen atoms in total. The minimum absolute atomic E-state index is 0.0638. The highest BCUT2D eigenvalue weighted by molar-refractivity contribution is 5.71. The van der Waals surface area contributed by atoms with Crippen molar-refractivity contribution in [1.82, 2.24) is 0 Å². The molecule has 0 aromatic rings. The number of carbonyl (C=O) groups is 3. The van der Waals surface area contributed by atoms with Crippen LogP contribution < -0.4 is 0 Å². The summed E-state index contributed by atoms with van der Waals surface area (Å²) in [7, 11) is 0. The first-order valence-electron chi connectivity index (χ1n) is 27.3. The standard InChI is InChI=1S/C55H106O6/c1-6-9-10-11-12-23-30-35-40-45-53(56)59-48-52(61-55(58)47-42-37-32-27-26-29-34-39-44-51(5)8-3)49-60-54(57)46-41-36-31-25-22-20-18-16-14-13-15-17-19-21-24-28-33-38-43-50(4)7-2/h50-52H,6-49H2,1-5H3/t50?,51?,52-/m0/s1. The zero-order valence-corrected chi connectivity index (χ0v) is 41.8. The second kappa shape index (κ2) is 47.9. The van der Waals surface area contributed by atoms with Crippen LogP contribution in [0, 0.1) is 11.8 Å². The Morgan fingerprint density at radius 2 is 0.574 bits per heavy atom. The number of ether oxygens (including phenoxy) is 3. The molecule has 6 heteroatoms. The number of hydrogen-bond acceptors (Lipinski definition) is 6. The maximum Gasteiger partial charge on any atom is 0.306 e. The van der Waals surface area contributed by atoms with Gasteiger partial charge in [0.1, 0.15) is 13.2 Å². The van der Waals surface area contributed by atoms with Crippen LogP contribution in [-0.2, 0) is 28.6 Å². The lowest BCUT2D eigenvalue weighted by Crippen LogP contribution is -2.30. The molecule has 0 aromatic heterocycles. The van der Waals surface area contributed by atoms with Crippen LogP contribution in [0.2, 0.25) is 0 Å². The van der Waals surface area contributed by atoms with Gasteiger partial charge in [-0.2, -0.15) is 0 Å². The summed E-state index contributed by atoms with van der Waals surface area (Å²) in [6, 6.07) is 0. The molecule has 0 fully saturated rings. The molecule has 0 bridgehead atoms. The van der Waals surface area contributed by atoms with Crippen LogP contribution in [-0.4, -0.2) is 37.2 Å². The summed E-state index contributed by atoms with van der Waals surface area (Å²) in [4.78, 5) is 37.9. The van der Waals surface area contributed by atoms with Crippen molar-refractivity contribution in [3.05, 3.63) is 0 Å². The van der Waals surface area contributed by atoms with Crippen molar-refractivity contribution in [2.75, 3.05) is 13.2 Å². The Balaban J connectivity index is 4.16. The van der Waals surface area contributed by atoms with Crippen LogP contribution in [0.3, 0.4) is 0 Å². The van der Waals surface area contributed by atoms with E-state index in [2.05, 4.69) is 34.6 Å². The molecule has 0 amide bonds. The molecular weight excluding hydrogens is 757 g/mol. The number of carbonyl (C=O) groups excluding carboxylic acids is 3. The smallest absolute Gasteiger partial charge is 0.306 e. The van der Waals surface area contributed by atoms with Crippen molar-refractivity contribution in [3.8, 4) is 0 Å². The summed E-state index contributed by atoms with van der Waals surface area (Å²) in [5, 5.41) is 0. The molecule has 0 aliphatic carbocycles. The second-order valence-electron chi connectivity index (χ2n) is 19.4. The third-order valence-corrected chi connectivity index (χ3v) is 13.2. The van der Waals surface area contributed by atoms with Crippen LogP contribution in [0.25, 0.3) is 0 Å². The number of hydrogen-bond donors (Lipinski definition) is 0. The third-order valence-electron chi connectivity index (χ3n) is 13.2. The fraction of sp³-hybridized carbons (Fsp3) is 0.945. The lowest BCUT2D eigenvalue weighted by atomic mass is 9.99. The molecule has 362 valence electrons. The van der Waals surface area contributed by atoms with Gasteiger partial charge < -0.3 is 14.2 Å². The average molecular weight is 863 g/mol. The summed E-state index contributed by atoms with van der Waals surface area (Å²) in [6.07, 6.45) is 49.5. The first-order valence-corrected chi connectivity index (χ1v) is 27.3. The molecule has 2 unspecified atom stereocenters. The van der Waals surface area contributed by atoms with E-state index in [4.69, 9.17) is 14.2 Å². The molecule has 0 aliphatic rings. The van der Waals surface area contributed by atoms with Gasteiger partial charge in [-0.25, -0.2) is 0 Å². The molecule has 0 heterocycles. The molecule has 0 saturated carbocycles. The van der Waals surface area contributed by atoms with Crippen LogP contribution >= 0.6 is 0 Å². The van der Waals surface area contributed by atoms with E-state index in [0.717, 1.165) is 69.6 Å². The monoisotopic (exact) mass is 863 g/mol. The molecule has 0 saturated heterocycles. The zero-order chi connectivity index (χ0) is 44.7. The van der Waals surface area contributed by atoms with Crippen LogP contribution in [0.5, 0.6) is 0 Å². The third kappa shape index (κ3) is 46.2. The summed E-state index contributed by atoms with van der Waals surface area (Å²) < 4.78 is 16.8. The zero-order valence-electron chi connectivity index (χ0n) is 41.8. The molecule has 61 heavy (non-hydrogen) atoms. The average Bonchev–Trinajstić information content (AvgIpc) is 3.26. The number of rotatable bonds is 49. The minimum atomic E-state index is -0.761. The highest BCUT2D eigenvalue weighted by atomic mass is 16.6. The number of unbranched alkanes of at least 4 members (excludes halogenated alkanes) is 32. The van der Waals surface area contributed by atoms with E-state index in [1.165, 1.54) is 193 Å². The second-order valence-corrected chi connectivity index (χ2v) is 19.4. The maximum absolute atomic E-state index is 12.8. The Bertz CT molecular complexity index is 935. The largest absolute Gasteiger partial charge is 0.462 e. The van der Waals surface area contributed by atoms with E-state index in [-0.39, 0.29) is 31.1 Å². The topological polar surface area (TPSA) is 78.9 Å². The summed E-state index contributed by atoms with van der Waals surface area (Å²) >= 11 is 0. The van der Waals surface area contributed by atoms with E-state index in [0.29, 0.717) is 19.3 Å². The van der Waals surface area contributed by atoms with Gasteiger partial charge in [0, 0.05) is 19.3 Å². The first-order chi connectivity index (χ1) is 29.8. The van der Waals surface area contributed by atoms with E-state index in [1.54, 1.807) is 0 Å². The Hall–Kier alpha value is -1.59. The van der Waals surface area contributed by atoms with Gasteiger partial charge in [-0.05, 0) is 31.1 Å². The predicted octanol–water partition coefficient (Wildman–Crippen LogP) is 17.7. The van der Waals surface area contributed by atoms with Crippen molar-refractivity contribution < 1.29 is 28.6 Å². The highest BCUT2D eigenvalue weighted by Crippen LogP contribution is 2.18. The Morgan fingerprint density at radius 1 is 0.328 bits per heavy atom. The molecule has 0 N–H and O–H groups in total. The van der Waals surface area contributed by atoms with Gasteiger partial charge in [-0.15, -0.1) is 0 Å². The van der Waals surface area contributed by atoms with E-state index >= 15 is 0 Å². The normalized spacial score (nSPS) is 12.9. The minimum Gasteiger partial charge on any atom is -0.462 e.